The summed E-state index contributed by atoms with van der Waals surface area (Å²) in [5.74, 6) is 0.180. The summed E-state index contributed by atoms with van der Waals surface area (Å²) in [6.07, 6.45) is 0.512. The third kappa shape index (κ3) is 6.12. The summed E-state index contributed by atoms with van der Waals surface area (Å²) < 4.78 is 0. The summed E-state index contributed by atoms with van der Waals surface area (Å²) in [7, 11) is 0. The number of aryl methyl sites for hydroxylation is 1. The van der Waals surface area contributed by atoms with E-state index in [-0.39, 0.29) is 12.5 Å². The Balaban J connectivity index is 2.89. The Bertz CT molecular complexity index is 463. The Hall–Kier alpha value is -0.970. The van der Waals surface area contributed by atoms with Crippen molar-refractivity contribution >= 4 is 34.9 Å². The second kappa shape index (κ2) is 9.13. The monoisotopic (exact) mass is 332 g/mol. The first-order chi connectivity index (χ1) is 9.97. The Morgan fingerprint density at radius 1 is 1.33 bits per heavy atom. The Kier molecular flexibility index (Phi) is 7.86. The minimum atomic E-state index is -0.873. The first-order valence-corrected chi connectivity index (χ1v) is 7.98. The molecule has 0 spiro atoms. The second-order valence-electron chi connectivity index (χ2n) is 5.04. The fourth-order valence-electron chi connectivity index (χ4n) is 2.23. The molecule has 0 aromatic heterocycles. The maximum absolute atomic E-state index is 10.7. The van der Waals surface area contributed by atoms with Crippen LogP contribution in [-0.4, -0.2) is 42.0 Å². The molecule has 0 amide bonds. The number of aliphatic carboxylic acids is 1. The predicted molar refractivity (Wildman–Crippen MR) is 88.8 cm³/mol. The van der Waals surface area contributed by atoms with Gasteiger partial charge in [-0.15, -0.1) is 23.2 Å². The highest BCUT2D eigenvalue weighted by Crippen LogP contribution is 2.21. The van der Waals surface area contributed by atoms with Crippen LogP contribution in [0.2, 0.25) is 0 Å². The number of halogens is 2. The van der Waals surface area contributed by atoms with Crippen molar-refractivity contribution < 1.29 is 9.90 Å². The lowest BCUT2D eigenvalue weighted by Crippen LogP contribution is -2.29. The van der Waals surface area contributed by atoms with Crippen LogP contribution in [0, 0.1) is 6.92 Å². The molecule has 0 fully saturated rings. The van der Waals surface area contributed by atoms with Gasteiger partial charge in [-0.25, -0.2) is 0 Å². The molecule has 0 bridgehead atoms. The van der Waals surface area contributed by atoms with E-state index in [4.69, 9.17) is 34.0 Å². The lowest BCUT2D eigenvalue weighted by molar-refractivity contribution is -0.137. The van der Waals surface area contributed by atoms with Crippen molar-refractivity contribution in [3.63, 3.8) is 0 Å². The molecule has 1 aromatic carbocycles. The van der Waals surface area contributed by atoms with Gasteiger partial charge in [0.25, 0.3) is 0 Å². The quantitative estimate of drug-likeness (QED) is 0.682. The molecular formula is C15H22Cl2N2O2. The van der Waals surface area contributed by atoms with E-state index in [1.54, 1.807) is 0 Å². The number of carboxylic acid groups (broad SMARTS) is 1. The molecule has 1 rings (SSSR count). The zero-order valence-electron chi connectivity index (χ0n) is 12.2. The minimum absolute atomic E-state index is 0.0310. The van der Waals surface area contributed by atoms with E-state index in [0.717, 1.165) is 29.9 Å². The number of nitrogens with two attached hydrogens (primary N) is 1. The summed E-state index contributed by atoms with van der Waals surface area (Å²) in [6.45, 7) is 3.44. The number of carboxylic acids is 1. The fraction of sp³-hybridized carbons (Fsp3) is 0.533. The first kappa shape index (κ1) is 18.1. The lowest BCUT2D eigenvalue weighted by atomic mass is 9.99. The van der Waals surface area contributed by atoms with Crippen LogP contribution < -0.4 is 10.6 Å². The minimum Gasteiger partial charge on any atom is -0.481 e. The molecular weight excluding hydrogens is 311 g/mol. The zero-order chi connectivity index (χ0) is 15.8. The van der Waals surface area contributed by atoms with Gasteiger partial charge in [0, 0.05) is 36.6 Å². The maximum atomic E-state index is 10.7. The highest BCUT2D eigenvalue weighted by Gasteiger charge is 2.13. The maximum Gasteiger partial charge on any atom is 0.304 e. The van der Waals surface area contributed by atoms with E-state index in [1.165, 1.54) is 0 Å². The Morgan fingerprint density at radius 3 is 2.48 bits per heavy atom. The standard InChI is InChI=1S/C15H22Cl2N2O2/c1-11-2-3-14(19(6-4-16)7-5-17)9-12(11)8-13(18)10-15(20)21/h2-3,9,13H,4-8,10,18H2,1H3,(H,20,21). The molecule has 0 aliphatic heterocycles. The van der Waals surface area contributed by atoms with Crippen LogP contribution in [0.5, 0.6) is 0 Å². The summed E-state index contributed by atoms with van der Waals surface area (Å²) >= 11 is 11.6. The van der Waals surface area contributed by atoms with Crippen LogP contribution in [0.15, 0.2) is 18.2 Å². The molecule has 1 unspecified atom stereocenters. The molecule has 4 nitrogen and oxygen atoms in total. The third-order valence-corrected chi connectivity index (χ3v) is 3.66. The second-order valence-corrected chi connectivity index (χ2v) is 5.79. The Morgan fingerprint density at radius 2 is 1.95 bits per heavy atom. The van der Waals surface area contributed by atoms with E-state index >= 15 is 0 Å². The molecule has 1 aromatic rings. The highest BCUT2D eigenvalue weighted by atomic mass is 35.5. The number of rotatable bonds is 9. The average molecular weight is 333 g/mol. The third-order valence-electron chi connectivity index (χ3n) is 3.33. The summed E-state index contributed by atoms with van der Waals surface area (Å²) in [5, 5.41) is 8.80. The van der Waals surface area contributed by atoms with Crippen LogP contribution in [0.25, 0.3) is 0 Å². The van der Waals surface area contributed by atoms with Crippen molar-refractivity contribution in [2.45, 2.75) is 25.8 Å². The van der Waals surface area contributed by atoms with E-state index in [1.807, 2.05) is 19.1 Å². The number of hydrogen-bond donors (Lipinski definition) is 2. The van der Waals surface area contributed by atoms with Crippen LogP contribution in [0.1, 0.15) is 17.5 Å². The van der Waals surface area contributed by atoms with E-state index in [2.05, 4.69) is 11.0 Å². The highest BCUT2D eigenvalue weighted by molar-refractivity contribution is 6.18. The smallest absolute Gasteiger partial charge is 0.304 e. The molecule has 0 saturated heterocycles. The lowest BCUT2D eigenvalue weighted by Gasteiger charge is -2.24. The topological polar surface area (TPSA) is 66.6 Å². The molecule has 3 N–H and O–H groups in total. The van der Waals surface area contributed by atoms with Gasteiger partial charge in [0.2, 0.25) is 0 Å². The van der Waals surface area contributed by atoms with Crippen molar-refractivity contribution in [3.8, 4) is 0 Å². The van der Waals surface area contributed by atoms with Gasteiger partial charge in [0.05, 0.1) is 6.42 Å². The molecule has 0 radical (unpaired) electrons. The number of hydrogen-bond acceptors (Lipinski definition) is 3. The number of benzene rings is 1. The zero-order valence-corrected chi connectivity index (χ0v) is 13.7. The number of alkyl halides is 2. The summed E-state index contributed by atoms with van der Waals surface area (Å²) in [6, 6.07) is 5.72. The molecule has 1 atom stereocenters. The molecule has 118 valence electrons. The number of carbonyl (C=O) groups is 1. The molecule has 0 saturated carbocycles. The molecule has 6 heteroatoms. The van der Waals surface area contributed by atoms with Gasteiger partial charge in [-0.1, -0.05) is 6.07 Å². The SMILES string of the molecule is Cc1ccc(N(CCCl)CCCl)cc1CC(N)CC(=O)O. The van der Waals surface area contributed by atoms with Gasteiger partial charge in [0.15, 0.2) is 0 Å². The summed E-state index contributed by atoms with van der Waals surface area (Å²) in [5.41, 5.74) is 9.10. The number of nitrogens with zero attached hydrogens (tertiary/aromatic N) is 1. The molecule has 0 heterocycles. The molecule has 0 aliphatic rings. The van der Waals surface area contributed by atoms with Crippen molar-refractivity contribution in [2.75, 3.05) is 29.7 Å². The van der Waals surface area contributed by atoms with Crippen LogP contribution >= 0.6 is 23.2 Å². The average Bonchev–Trinajstić information content (AvgIpc) is 2.40. The first-order valence-electron chi connectivity index (χ1n) is 6.91. The van der Waals surface area contributed by atoms with Crippen molar-refractivity contribution in [1.29, 1.82) is 0 Å². The van der Waals surface area contributed by atoms with Gasteiger partial charge in [-0.3, -0.25) is 4.79 Å². The van der Waals surface area contributed by atoms with Gasteiger partial charge in [0.1, 0.15) is 0 Å². The fourth-order valence-corrected chi connectivity index (χ4v) is 2.64. The summed E-state index contributed by atoms with van der Waals surface area (Å²) in [4.78, 5) is 12.8. The van der Waals surface area contributed by atoms with Crippen molar-refractivity contribution in [1.82, 2.24) is 0 Å². The normalized spacial score (nSPS) is 12.2. The largest absolute Gasteiger partial charge is 0.481 e. The Labute approximate surface area is 135 Å². The van der Waals surface area contributed by atoms with E-state index in [0.29, 0.717) is 18.2 Å². The number of anilines is 1. The van der Waals surface area contributed by atoms with Gasteiger partial charge >= 0.3 is 5.97 Å². The van der Waals surface area contributed by atoms with Gasteiger partial charge < -0.3 is 15.7 Å². The van der Waals surface area contributed by atoms with Crippen LogP contribution in [0.4, 0.5) is 5.69 Å². The molecule has 0 aliphatic carbocycles. The van der Waals surface area contributed by atoms with Gasteiger partial charge in [-0.05, 0) is 36.6 Å². The van der Waals surface area contributed by atoms with Crippen LogP contribution in [0.3, 0.4) is 0 Å². The van der Waals surface area contributed by atoms with Crippen molar-refractivity contribution in [2.24, 2.45) is 5.73 Å². The van der Waals surface area contributed by atoms with Crippen LogP contribution in [-0.2, 0) is 11.2 Å². The van der Waals surface area contributed by atoms with E-state index < -0.39 is 5.97 Å². The predicted octanol–water partition coefficient (Wildman–Crippen LogP) is 2.62. The van der Waals surface area contributed by atoms with Gasteiger partial charge in [-0.2, -0.15) is 0 Å². The van der Waals surface area contributed by atoms with E-state index in [9.17, 15) is 4.79 Å². The molecule has 21 heavy (non-hydrogen) atoms. The van der Waals surface area contributed by atoms with Crippen molar-refractivity contribution in [3.05, 3.63) is 29.3 Å².